The lowest BCUT2D eigenvalue weighted by molar-refractivity contribution is -0.133. The van der Waals surface area contributed by atoms with Crippen LogP contribution in [-0.2, 0) is 11.3 Å². The second-order valence-corrected chi connectivity index (χ2v) is 8.00. The fraction of sp³-hybridized carbons (Fsp3) is 0.250. The summed E-state index contributed by atoms with van der Waals surface area (Å²) in [6, 6.07) is 9.02. The first-order valence-electron chi connectivity index (χ1n) is 9.94. The fourth-order valence-corrected chi connectivity index (χ4v) is 3.73. The normalized spacial score (nSPS) is 15.1. The molecule has 0 radical (unpaired) electrons. The van der Waals surface area contributed by atoms with Crippen LogP contribution in [0, 0.1) is 6.92 Å². The molecule has 0 bridgehead atoms. The quantitative estimate of drug-likeness (QED) is 0.239. The van der Waals surface area contributed by atoms with E-state index in [-0.39, 0.29) is 17.3 Å². The van der Waals surface area contributed by atoms with Crippen LogP contribution in [-0.4, -0.2) is 28.8 Å². The lowest BCUT2D eigenvalue weighted by Gasteiger charge is -2.08. The van der Waals surface area contributed by atoms with E-state index in [9.17, 15) is 9.59 Å². The molecular weight excluding hydrogens is 418 g/mol. The number of Topliss-reactive ketones (excluding diaryl/α,β-unsaturated/α-hetero) is 1. The Balaban J connectivity index is 1.74. The number of aromatic nitrogens is 1. The number of ketones is 1. The number of halogens is 1. The zero-order valence-electron chi connectivity index (χ0n) is 17.7. The number of carbonyl (C=O) groups is 2. The second kappa shape index (κ2) is 8.12. The number of methoxy groups -OCH3 is 1. The van der Waals surface area contributed by atoms with Gasteiger partial charge in [0.15, 0.2) is 5.76 Å². The van der Waals surface area contributed by atoms with Crippen LogP contribution in [0.4, 0.5) is 0 Å². The molecule has 0 fully saturated rings. The van der Waals surface area contributed by atoms with E-state index in [0.717, 1.165) is 28.8 Å². The summed E-state index contributed by atoms with van der Waals surface area (Å²) in [5, 5.41) is 0.183. The van der Waals surface area contributed by atoms with E-state index >= 15 is 0 Å². The highest BCUT2D eigenvalue weighted by molar-refractivity contribution is 6.29. The van der Waals surface area contributed by atoms with E-state index in [0.29, 0.717) is 16.9 Å². The Kier molecular flexibility index (Phi) is 5.50. The number of rotatable bonds is 5. The first-order chi connectivity index (χ1) is 14.8. The molecule has 3 aromatic rings. The summed E-state index contributed by atoms with van der Waals surface area (Å²) in [7, 11) is 1.62. The number of alkyl halides is 1. The van der Waals surface area contributed by atoms with E-state index in [4.69, 9.17) is 25.8 Å². The summed E-state index contributed by atoms with van der Waals surface area (Å²) in [4.78, 5) is 24.9. The second-order valence-electron chi connectivity index (χ2n) is 7.34. The molecule has 1 aliphatic heterocycles. The van der Waals surface area contributed by atoms with Gasteiger partial charge in [-0.2, -0.15) is 0 Å². The Bertz CT molecular complexity index is 1240. The number of hydrogen-bond acceptors (Lipinski definition) is 5. The minimum atomic E-state index is -0.778. The van der Waals surface area contributed by atoms with Crippen LogP contribution in [0.1, 0.15) is 35.3 Å². The summed E-state index contributed by atoms with van der Waals surface area (Å²) < 4.78 is 18.6. The lowest BCUT2D eigenvalue weighted by atomic mass is 10.0. The molecule has 0 amide bonds. The summed E-state index contributed by atoms with van der Waals surface area (Å²) in [5.74, 6) is 0.816. The zero-order chi connectivity index (χ0) is 22.3. The molecule has 0 aliphatic carbocycles. The van der Waals surface area contributed by atoms with Crippen molar-refractivity contribution in [2.24, 2.45) is 0 Å². The van der Waals surface area contributed by atoms with Gasteiger partial charge in [0, 0.05) is 35.3 Å². The third-order valence-electron chi connectivity index (χ3n) is 5.23. The third kappa shape index (κ3) is 3.79. The van der Waals surface area contributed by atoms with Gasteiger partial charge in [0.25, 0.3) is 0 Å². The standard InChI is InChI=1S/C24H22ClNO5/c1-5-26-12-15(18-10-16(29-4)6-7-19(18)26)9-21-23(27)22-13(2)8-17(11-20(22)31-21)30-24(28)14(3)25/h6-12,14H,5H2,1-4H3/b21-9-. The van der Waals surface area contributed by atoms with Crippen molar-refractivity contribution in [3.63, 3.8) is 0 Å². The number of allylic oxidation sites excluding steroid dienone is 1. The van der Waals surface area contributed by atoms with Crippen LogP contribution in [0.3, 0.4) is 0 Å². The van der Waals surface area contributed by atoms with Crippen LogP contribution in [0.2, 0.25) is 0 Å². The monoisotopic (exact) mass is 439 g/mol. The number of esters is 1. The molecule has 160 valence electrons. The third-order valence-corrected chi connectivity index (χ3v) is 5.41. The number of nitrogens with zero attached hydrogens (tertiary/aromatic N) is 1. The minimum Gasteiger partial charge on any atom is -0.497 e. The minimum absolute atomic E-state index is 0.212. The van der Waals surface area contributed by atoms with Crippen LogP contribution in [0.15, 0.2) is 42.3 Å². The molecular formula is C24H22ClNO5. The molecule has 1 aromatic heterocycles. The van der Waals surface area contributed by atoms with Gasteiger partial charge in [-0.1, -0.05) is 0 Å². The molecule has 0 N–H and O–H groups in total. The van der Waals surface area contributed by atoms with Crippen molar-refractivity contribution < 1.29 is 23.8 Å². The van der Waals surface area contributed by atoms with Gasteiger partial charge in [0.2, 0.25) is 5.78 Å². The topological polar surface area (TPSA) is 66.8 Å². The van der Waals surface area contributed by atoms with E-state index in [1.165, 1.54) is 13.0 Å². The van der Waals surface area contributed by atoms with Gasteiger partial charge in [-0.3, -0.25) is 9.59 Å². The van der Waals surface area contributed by atoms with E-state index < -0.39 is 11.3 Å². The van der Waals surface area contributed by atoms with Crippen molar-refractivity contribution >= 4 is 40.3 Å². The Labute approximate surface area is 185 Å². The van der Waals surface area contributed by atoms with Gasteiger partial charge in [-0.25, -0.2) is 0 Å². The summed E-state index contributed by atoms with van der Waals surface area (Å²) >= 11 is 5.78. The maximum atomic E-state index is 13.0. The Morgan fingerprint density at radius 1 is 1.26 bits per heavy atom. The number of hydrogen-bond donors (Lipinski definition) is 0. The molecule has 7 heteroatoms. The predicted octanol–water partition coefficient (Wildman–Crippen LogP) is 5.13. The first kappa shape index (κ1) is 21.0. The molecule has 0 saturated carbocycles. The highest BCUT2D eigenvalue weighted by atomic mass is 35.5. The van der Waals surface area contributed by atoms with Crippen molar-refractivity contribution in [1.29, 1.82) is 0 Å². The smallest absolute Gasteiger partial charge is 0.329 e. The highest BCUT2D eigenvalue weighted by Gasteiger charge is 2.31. The molecule has 0 spiro atoms. The number of fused-ring (bicyclic) bond motifs is 2. The van der Waals surface area contributed by atoms with Gasteiger partial charge in [0.05, 0.1) is 12.7 Å². The molecule has 1 atom stereocenters. The average molecular weight is 440 g/mol. The van der Waals surface area contributed by atoms with Crippen LogP contribution in [0.5, 0.6) is 17.2 Å². The Hall–Kier alpha value is -3.25. The van der Waals surface area contributed by atoms with E-state index in [2.05, 4.69) is 11.5 Å². The average Bonchev–Trinajstić information content (AvgIpc) is 3.25. The van der Waals surface area contributed by atoms with Crippen molar-refractivity contribution in [2.45, 2.75) is 32.7 Å². The lowest BCUT2D eigenvalue weighted by Crippen LogP contribution is -2.17. The largest absolute Gasteiger partial charge is 0.497 e. The summed E-state index contributed by atoms with van der Waals surface area (Å²) in [5.41, 5.74) is 3.02. The van der Waals surface area contributed by atoms with Gasteiger partial charge >= 0.3 is 5.97 Å². The molecule has 1 unspecified atom stereocenters. The van der Waals surface area contributed by atoms with E-state index in [1.807, 2.05) is 24.4 Å². The molecule has 6 nitrogen and oxygen atoms in total. The SMILES string of the molecule is CCn1cc(/C=C2\Oc3cc(OC(=O)C(C)Cl)cc(C)c3C2=O)c2cc(OC)ccc21. The van der Waals surface area contributed by atoms with Crippen molar-refractivity contribution in [2.75, 3.05) is 7.11 Å². The Morgan fingerprint density at radius 2 is 2.03 bits per heavy atom. The Morgan fingerprint density at radius 3 is 2.71 bits per heavy atom. The number of benzene rings is 2. The molecule has 4 rings (SSSR count). The molecule has 0 saturated heterocycles. The molecule has 2 aromatic carbocycles. The van der Waals surface area contributed by atoms with Crippen molar-refractivity contribution in [3.8, 4) is 17.2 Å². The van der Waals surface area contributed by atoms with Gasteiger partial charge in [-0.15, -0.1) is 11.6 Å². The molecule has 1 aliphatic rings. The number of aryl methyl sites for hydroxylation is 2. The maximum absolute atomic E-state index is 13.0. The van der Waals surface area contributed by atoms with Crippen molar-refractivity contribution in [3.05, 3.63) is 59.0 Å². The van der Waals surface area contributed by atoms with Crippen LogP contribution >= 0.6 is 11.6 Å². The zero-order valence-corrected chi connectivity index (χ0v) is 18.4. The first-order valence-corrected chi connectivity index (χ1v) is 10.4. The van der Waals surface area contributed by atoms with Crippen LogP contribution < -0.4 is 14.2 Å². The predicted molar refractivity (Wildman–Crippen MR) is 119 cm³/mol. The maximum Gasteiger partial charge on any atom is 0.329 e. The van der Waals surface area contributed by atoms with Gasteiger partial charge in [0.1, 0.15) is 22.6 Å². The number of ether oxygens (including phenoxy) is 3. The molecule has 31 heavy (non-hydrogen) atoms. The van der Waals surface area contributed by atoms with Gasteiger partial charge in [-0.05, 0) is 56.7 Å². The van der Waals surface area contributed by atoms with Crippen LogP contribution in [0.25, 0.3) is 17.0 Å². The van der Waals surface area contributed by atoms with E-state index in [1.54, 1.807) is 26.2 Å². The highest BCUT2D eigenvalue weighted by Crippen LogP contribution is 2.38. The number of carbonyl (C=O) groups excluding carboxylic acids is 2. The van der Waals surface area contributed by atoms with Crippen molar-refractivity contribution in [1.82, 2.24) is 4.57 Å². The summed E-state index contributed by atoms with van der Waals surface area (Å²) in [6.07, 6.45) is 3.72. The summed E-state index contributed by atoms with van der Waals surface area (Å²) in [6.45, 7) is 6.15. The molecule has 2 heterocycles. The van der Waals surface area contributed by atoms with Gasteiger partial charge < -0.3 is 18.8 Å². The fourth-order valence-electron chi connectivity index (χ4n) is 3.68.